The number of hydrogen-bond donors (Lipinski definition) is 4. The number of benzene rings is 2. The Morgan fingerprint density at radius 2 is 1.90 bits per heavy atom. The van der Waals surface area contributed by atoms with Gasteiger partial charge >= 0.3 is 6.09 Å². The first-order valence-corrected chi connectivity index (χ1v) is 15.0. The molecule has 246 valence electrons. The van der Waals surface area contributed by atoms with E-state index in [9.17, 15) is 18.8 Å². The minimum atomic E-state index is -0.715. The number of carbonyl (C=O) groups excluding carboxylic acids is 3. The van der Waals surface area contributed by atoms with Crippen molar-refractivity contribution in [1.82, 2.24) is 40.5 Å². The van der Waals surface area contributed by atoms with Crippen LogP contribution in [0.4, 0.5) is 20.6 Å². The van der Waals surface area contributed by atoms with E-state index in [-0.39, 0.29) is 41.6 Å². The lowest BCUT2D eigenvalue weighted by Crippen LogP contribution is -2.21. The van der Waals surface area contributed by atoms with E-state index in [2.05, 4.69) is 51.2 Å². The number of tetrazole rings is 1. The number of carbonyl (C=O) groups is 3. The molecule has 0 bridgehead atoms. The molecule has 14 nitrogen and oxygen atoms in total. The van der Waals surface area contributed by atoms with Crippen LogP contribution in [-0.4, -0.2) is 60.2 Å². The van der Waals surface area contributed by atoms with Crippen LogP contribution in [0, 0.1) is 12.7 Å². The summed E-state index contributed by atoms with van der Waals surface area (Å²) in [5.41, 5.74) is 3.28. The number of halogens is 3. The standard InChI is InChI=1S/C31H27Cl2FN10O4/c1-17-3-8-22(34)23(37-17)9-12-28(46)39-24-14-20(38-31(47)48-2)6-7-21(24)29-30(33)41-26(40-29)15-35-27(45)11-4-18-13-19(32)5-10-25(18)44-16-36-42-43-44/h3-8,10-11,13-14,16H,9,12,15H2,1-2H3,(H,35,45)(H,38,47)(H,39,46)(H,40,41). The molecule has 0 aliphatic carbocycles. The molecule has 0 saturated carbocycles. The van der Waals surface area contributed by atoms with Crippen LogP contribution in [0.1, 0.15) is 29.2 Å². The summed E-state index contributed by atoms with van der Waals surface area (Å²) in [5, 5.41) is 19.8. The zero-order valence-electron chi connectivity index (χ0n) is 25.4. The molecular formula is C31H27Cl2FN10O4. The van der Waals surface area contributed by atoms with E-state index in [0.717, 1.165) is 0 Å². The van der Waals surface area contributed by atoms with Gasteiger partial charge in [0.25, 0.3) is 0 Å². The molecule has 3 amide bonds. The normalized spacial score (nSPS) is 11.0. The number of rotatable bonds is 11. The predicted molar refractivity (Wildman–Crippen MR) is 176 cm³/mol. The quantitative estimate of drug-likeness (QED) is 0.134. The zero-order chi connectivity index (χ0) is 34.2. The smallest absolute Gasteiger partial charge is 0.411 e. The van der Waals surface area contributed by atoms with Crippen LogP contribution < -0.4 is 16.0 Å². The Hall–Kier alpha value is -5.67. The van der Waals surface area contributed by atoms with Gasteiger partial charge in [-0.25, -0.2) is 14.2 Å². The van der Waals surface area contributed by atoms with Crippen LogP contribution in [0.25, 0.3) is 23.0 Å². The van der Waals surface area contributed by atoms with Gasteiger partial charge in [-0.15, -0.1) is 5.10 Å². The number of imidazole rings is 1. The number of nitrogens with one attached hydrogen (secondary N) is 4. The SMILES string of the molecule is COC(=O)Nc1ccc(-c2nc(CNC(=O)C=Cc3cc(Cl)ccc3-n3cnnn3)[nH]c2Cl)c(NC(=O)CCc2nc(C)ccc2F)c1. The number of H-pyrrole nitrogens is 1. The second-order valence-electron chi connectivity index (χ2n) is 10.2. The average Bonchev–Trinajstić information content (AvgIpc) is 3.73. The van der Waals surface area contributed by atoms with Crippen molar-refractivity contribution in [3.05, 3.63) is 99.7 Å². The number of nitrogens with zero attached hydrogens (tertiary/aromatic N) is 6. The highest BCUT2D eigenvalue weighted by molar-refractivity contribution is 6.32. The lowest BCUT2D eigenvalue weighted by molar-refractivity contribution is -0.117. The summed E-state index contributed by atoms with van der Waals surface area (Å²) in [5.74, 6) is -1.06. The molecule has 4 N–H and O–H groups in total. The highest BCUT2D eigenvalue weighted by Crippen LogP contribution is 2.34. The number of methoxy groups -OCH3 is 1. The molecule has 0 spiro atoms. The van der Waals surface area contributed by atoms with E-state index >= 15 is 0 Å². The van der Waals surface area contributed by atoms with Crippen molar-refractivity contribution in [2.45, 2.75) is 26.3 Å². The van der Waals surface area contributed by atoms with Gasteiger partial charge in [-0.3, -0.25) is 19.9 Å². The summed E-state index contributed by atoms with van der Waals surface area (Å²) in [7, 11) is 1.22. The Labute approximate surface area is 282 Å². The van der Waals surface area contributed by atoms with Crippen LogP contribution in [0.15, 0.2) is 60.9 Å². The van der Waals surface area contributed by atoms with E-state index in [4.69, 9.17) is 23.2 Å². The van der Waals surface area contributed by atoms with Gasteiger partial charge < -0.3 is 20.4 Å². The Morgan fingerprint density at radius 3 is 2.67 bits per heavy atom. The summed E-state index contributed by atoms with van der Waals surface area (Å²) in [6, 6.07) is 12.6. The summed E-state index contributed by atoms with van der Waals surface area (Å²) >= 11 is 12.7. The number of aromatic amines is 1. The maximum atomic E-state index is 14.2. The third kappa shape index (κ3) is 8.57. The van der Waals surface area contributed by atoms with E-state index in [1.807, 2.05) is 0 Å². The van der Waals surface area contributed by atoms with E-state index in [1.165, 1.54) is 36.3 Å². The highest BCUT2D eigenvalue weighted by Gasteiger charge is 2.18. The van der Waals surface area contributed by atoms with Crippen molar-refractivity contribution in [1.29, 1.82) is 0 Å². The molecule has 5 aromatic rings. The maximum Gasteiger partial charge on any atom is 0.411 e. The van der Waals surface area contributed by atoms with Gasteiger partial charge in [-0.05, 0) is 72.0 Å². The fourth-order valence-electron chi connectivity index (χ4n) is 4.51. The molecule has 0 atom stereocenters. The number of aryl methyl sites for hydroxylation is 2. The second kappa shape index (κ2) is 15.3. The molecule has 2 aromatic carbocycles. The molecule has 0 saturated heterocycles. The number of hydrogen-bond acceptors (Lipinski definition) is 9. The first-order chi connectivity index (χ1) is 23.1. The van der Waals surface area contributed by atoms with E-state index < -0.39 is 23.7 Å². The van der Waals surface area contributed by atoms with Gasteiger partial charge in [0.15, 0.2) is 0 Å². The second-order valence-corrected chi connectivity index (χ2v) is 11.0. The Morgan fingerprint density at radius 1 is 1.06 bits per heavy atom. The monoisotopic (exact) mass is 692 g/mol. The molecule has 0 aliphatic rings. The first kappa shape index (κ1) is 33.7. The first-order valence-electron chi connectivity index (χ1n) is 14.2. The number of ether oxygens (including phenoxy) is 1. The van der Waals surface area contributed by atoms with Gasteiger partial charge in [0.05, 0.1) is 30.7 Å². The van der Waals surface area contributed by atoms with E-state index in [0.29, 0.717) is 39.0 Å². The van der Waals surface area contributed by atoms with Crippen molar-refractivity contribution in [2.75, 3.05) is 17.7 Å². The number of anilines is 2. The topological polar surface area (TPSA) is 182 Å². The lowest BCUT2D eigenvalue weighted by atomic mass is 10.1. The van der Waals surface area contributed by atoms with Crippen molar-refractivity contribution in [2.24, 2.45) is 0 Å². The summed E-state index contributed by atoms with van der Waals surface area (Å²) in [4.78, 5) is 49.1. The van der Waals surface area contributed by atoms with Crippen LogP contribution in [0.2, 0.25) is 10.2 Å². The van der Waals surface area contributed by atoms with Crippen LogP contribution in [0.3, 0.4) is 0 Å². The largest absolute Gasteiger partial charge is 0.453 e. The van der Waals surface area contributed by atoms with Crippen molar-refractivity contribution < 1.29 is 23.5 Å². The van der Waals surface area contributed by atoms with Gasteiger partial charge in [0, 0.05) is 46.4 Å². The third-order valence-corrected chi connectivity index (χ3v) is 7.27. The Kier molecular flexibility index (Phi) is 10.7. The third-order valence-electron chi connectivity index (χ3n) is 6.77. The lowest BCUT2D eigenvalue weighted by Gasteiger charge is -2.13. The molecule has 0 fully saturated rings. The van der Waals surface area contributed by atoms with Crippen LogP contribution in [-0.2, 0) is 27.3 Å². The number of aromatic nitrogens is 7. The molecule has 48 heavy (non-hydrogen) atoms. The van der Waals surface area contributed by atoms with Crippen molar-refractivity contribution >= 4 is 58.6 Å². The number of pyridine rings is 1. The van der Waals surface area contributed by atoms with Crippen LogP contribution >= 0.6 is 23.2 Å². The Bertz CT molecular complexity index is 2000. The van der Waals surface area contributed by atoms with Crippen molar-refractivity contribution in [3.8, 4) is 16.9 Å². The van der Waals surface area contributed by atoms with Gasteiger partial charge in [-0.1, -0.05) is 23.2 Å². The average molecular weight is 694 g/mol. The minimum Gasteiger partial charge on any atom is -0.453 e. The van der Waals surface area contributed by atoms with Gasteiger partial charge in [0.1, 0.15) is 28.8 Å². The molecule has 5 rings (SSSR count). The minimum absolute atomic E-state index is 0.0168. The number of amides is 3. The molecule has 0 radical (unpaired) electrons. The molecule has 0 aliphatic heterocycles. The molecule has 0 unspecified atom stereocenters. The molecular weight excluding hydrogens is 666 g/mol. The zero-order valence-corrected chi connectivity index (χ0v) is 26.9. The van der Waals surface area contributed by atoms with Gasteiger partial charge in [-0.2, -0.15) is 4.68 Å². The van der Waals surface area contributed by atoms with Gasteiger partial charge in [0.2, 0.25) is 11.8 Å². The highest BCUT2D eigenvalue weighted by atomic mass is 35.5. The fourth-order valence-corrected chi connectivity index (χ4v) is 4.94. The van der Waals surface area contributed by atoms with Crippen LogP contribution in [0.5, 0.6) is 0 Å². The molecule has 3 heterocycles. The molecule has 3 aromatic heterocycles. The van der Waals surface area contributed by atoms with Crippen molar-refractivity contribution in [3.63, 3.8) is 0 Å². The predicted octanol–water partition coefficient (Wildman–Crippen LogP) is 5.28. The summed E-state index contributed by atoms with van der Waals surface area (Å²) in [6.07, 6.45) is 3.58. The summed E-state index contributed by atoms with van der Waals surface area (Å²) < 4.78 is 20.3. The Balaban J connectivity index is 1.31. The van der Waals surface area contributed by atoms with E-state index in [1.54, 1.807) is 49.4 Å². The fraction of sp³-hybridized carbons (Fsp3) is 0.161. The maximum absolute atomic E-state index is 14.2. The summed E-state index contributed by atoms with van der Waals surface area (Å²) in [6.45, 7) is 1.71. The molecule has 17 heteroatoms.